The Morgan fingerprint density at radius 3 is 2.30 bits per heavy atom. The first kappa shape index (κ1) is 9.45. The van der Waals surface area contributed by atoms with Crippen LogP contribution in [0.2, 0.25) is 0 Å². The first-order valence-electron chi connectivity index (χ1n) is 3.39. The third-order valence-corrected chi connectivity index (χ3v) is 1.77. The molecule has 0 fully saturated rings. The molecule has 0 spiro atoms. The van der Waals surface area contributed by atoms with Crippen molar-refractivity contribution in [2.45, 2.75) is 25.9 Å². The highest BCUT2D eigenvalue weighted by atomic mass is 19.1. The predicted molar refractivity (Wildman–Crippen MR) is 41.2 cm³/mol. The third kappa shape index (κ3) is 2.00. The lowest BCUT2D eigenvalue weighted by Crippen LogP contribution is -2.37. The molecule has 0 aliphatic rings. The van der Waals surface area contributed by atoms with Gasteiger partial charge in [-0.25, -0.2) is 4.39 Å². The number of hydrogen-bond donors (Lipinski definition) is 1. The third-order valence-electron chi connectivity index (χ3n) is 1.77. The van der Waals surface area contributed by atoms with Crippen molar-refractivity contribution in [2.24, 2.45) is 11.7 Å². The Hall–Kier alpha value is -0.550. The quantitative estimate of drug-likeness (QED) is 0.593. The summed E-state index contributed by atoms with van der Waals surface area (Å²) in [6.45, 7) is 3.57. The van der Waals surface area contributed by atoms with Crippen molar-refractivity contribution in [1.82, 2.24) is 0 Å². The molecule has 0 saturated heterocycles. The number of alkyl halides is 1. The first-order valence-corrected chi connectivity index (χ1v) is 3.39. The van der Waals surface area contributed by atoms with Gasteiger partial charge in [0, 0.05) is 13.0 Å². The Labute approximate surface area is 61.8 Å². The molecule has 1 nitrogen and oxygen atoms in total. The number of nitrogens with two attached hydrogens (primary N) is 1. The Bertz CT molecular complexity index is 137. The van der Waals surface area contributed by atoms with E-state index >= 15 is 0 Å². The zero-order valence-corrected chi connectivity index (χ0v) is 6.52. The van der Waals surface area contributed by atoms with Gasteiger partial charge in [-0.15, -0.1) is 12.3 Å². The van der Waals surface area contributed by atoms with Gasteiger partial charge in [-0.05, 0) is 5.92 Å². The SMILES string of the molecule is C#CCC(F)(CN)C(C)C. The maximum Gasteiger partial charge on any atom is 0.136 e. The second-order valence-corrected chi connectivity index (χ2v) is 2.77. The summed E-state index contributed by atoms with van der Waals surface area (Å²) in [5.41, 5.74) is 3.86. The van der Waals surface area contributed by atoms with Crippen molar-refractivity contribution in [3.63, 3.8) is 0 Å². The molecule has 0 saturated carbocycles. The van der Waals surface area contributed by atoms with Gasteiger partial charge in [0.25, 0.3) is 0 Å². The normalized spacial score (nSPS) is 16.4. The standard InChI is InChI=1S/C8H14FN/c1-4-5-8(9,6-10)7(2)3/h1,7H,5-6,10H2,2-3H3. The fourth-order valence-electron chi connectivity index (χ4n) is 0.682. The van der Waals surface area contributed by atoms with Crippen molar-refractivity contribution < 1.29 is 4.39 Å². The van der Waals surface area contributed by atoms with Crippen LogP contribution in [0.25, 0.3) is 0 Å². The minimum absolute atomic E-state index is 0.00880. The van der Waals surface area contributed by atoms with E-state index in [1.807, 2.05) is 0 Å². The van der Waals surface area contributed by atoms with Gasteiger partial charge in [0.2, 0.25) is 0 Å². The average Bonchev–Trinajstić information content (AvgIpc) is 1.88. The summed E-state index contributed by atoms with van der Waals surface area (Å²) in [4.78, 5) is 0. The smallest absolute Gasteiger partial charge is 0.136 e. The fourth-order valence-corrected chi connectivity index (χ4v) is 0.682. The van der Waals surface area contributed by atoms with Gasteiger partial charge < -0.3 is 5.73 Å². The lowest BCUT2D eigenvalue weighted by molar-refractivity contribution is 0.116. The molecule has 0 rings (SSSR count). The maximum absolute atomic E-state index is 13.4. The van der Waals surface area contributed by atoms with Crippen LogP contribution < -0.4 is 5.73 Å². The van der Waals surface area contributed by atoms with Gasteiger partial charge in [0.05, 0.1) is 0 Å². The molecule has 10 heavy (non-hydrogen) atoms. The minimum atomic E-state index is -1.37. The van der Waals surface area contributed by atoms with Crippen LogP contribution >= 0.6 is 0 Å². The molecule has 0 aromatic rings. The number of hydrogen-bond acceptors (Lipinski definition) is 1. The summed E-state index contributed by atoms with van der Waals surface area (Å²) in [6, 6.07) is 0. The van der Waals surface area contributed by atoms with E-state index in [2.05, 4.69) is 5.92 Å². The van der Waals surface area contributed by atoms with E-state index in [0.717, 1.165) is 0 Å². The summed E-state index contributed by atoms with van der Waals surface area (Å²) >= 11 is 0. The average molecular weight is 143 g/mol. The molecule has 0 radical (unpaired) electrons. The second kappa shape index (κ2) is 3.58. The van der Waals surface area contributed by atoms with E-state index in [-0.39, 0.29) is 18.9 Å². The van der Waals surface area contributed by atoms with Gasteiger partial charge in [-0.1, -0.05) is 13.8 Å². The van der Waals surface area contributed by atoms with Crippen molar-refractivity contribution >= 4 is 0 Å². The summed E-state index contributed by atoms with van der Waals surface area (Å²) in [6.07, 6.45) is 5.09. The molecule has 1 atom stereocenters. The molecule has 0 heterocycles. The predicted octanol–water partition coefficient (Wildman–Crippen LogP) is 1.33. The Morgan fingerprint density at radius 2 is 2.20 bits per heavy atom. The Kier molecular flexibility index (Phi) is 3.38. The highest BCUT2D eigenvalue weighted by molar-refractivity contribution is 4.97. The van der Waals surface area contributed by atoms with Gasteiger partial charge in [0.15, 0.2) is 0 Å². The Balaban J connectivity index is 4.11. The van der Waals surface area contributed by atoms with E-state index in [9.17, 15) is 4.39 Å². The maximum atomic E-state index is 13.4. The molecular formula is C8H14FN. The molecule has 0 aromatic carbocycles. The van der Waals surface area contributed by atoms with Gasteiger partial charge in [0.1, 0.15) is 5.67 Å². The zero-order valence-electron chi connectivity index (χ0n) is 6.52. The van der Waals surface area contributed by atoms with Crippen molar-refractivity contribution in [3.8, 4) is 12.3 Å². The van der Waals surface area contributed by atoms with Crippen LogP contribution in [0, 0.1) is 18.3 Å². The Morgan fingerprint density at radius 1 is 1.70 bits per heavy atom. The zero-order chi connectivity index (χ0) is 8.20. The number of halogens is 1. The molecule has 2 heteroatoms. The molecular weight excluding hydrogens is 129 g/mol. The molecule has 2 N–H and O–H groups in total. The monoisotopic (exact) mass is 143 g/mol. The van der Waals surface area contributed by atoms with Crippen molar-refractivity contribution in [2.75, 3.05) is 6.54 Å². The summed E-state index contributed by atoms with van der Waals surface area (Å²) in [5.74, 6) is 2.18. The van der Waals surface area contributed by atoms with Gasteiger partial charge in [-0.3, -0.25) is 0 Å². The first-order chi connectivity index (χ1) is 4.56. The topological polar surface area (TPSA) is 26.0 Å². The lowest BCUT2D eigenvalue weighted by atomic mass is 9.89. The van der Waals surface area contributed by atoms with E-state index in [1.54, 1.807) is 13.8 Å². The van der Waals surface area contributed by atoms with Crippen LogP contribution in [0.3, 0.4) is 0 Å². The summed E-state index contributed by atoms with van der Waals surface area (Å²) in [5, 5.41) is 0. The van der Waals surface area contributed by atoms with Crippen molar-refractivity contribution in [3.05, 3.63) is 0 Å². The van der Waals surface area contributed by atoms with E-state index < -0.39 is 5.67 Å². The van der Waals surface area contributed by atoms with Gasteiger partial charge >= 0.3 is 0 Å². The minimum Gasteiger partial charge on any atom is -0.327 e. The summed E-state index contributed by atoms with van der Waals surface area (Å²) < 4.78 is 13.4. The second-order valence-electron chi connectivity index (χ2n) is 2.77. The lowest BCUT2D eigenvalue weighted by Gasteiger charge is -2.25. The van der Waals surface area contributed by atoms with E-state index in [0.29, 0.717) is 0 Å². The fraction of sp³-hybridized carbons (Fsp3) is 0.750. The molecule has 0 amide bonds. The van der Waals surface area contributed by atoms with Crippen LogP contribution in [-0.2, 0) is 0 Å². The van der Waals surface area contributed by atoms with Crippen LogP contribution in [0.1, 0.15) is 20.3 Å². The van der Waals surface area contributed by atoms with Gasteiger partial charge in [-0.2, -0.15) is 0 Å². The summed E-state index contributed by atoms with van der Waals surface area (Å²) in [7, 11) is 0. The van der Waals surface area contributed by atoms with Crippen LogP contribution in [0.4, 0.5) is 4.39 Å². The largest absolute Gasteiger partial charge is 0.327 e. The number of terminal acetylenes is 1. The van der Waals surface area contributed by atoms with Crippen LogP contribution in [0.5, 0.6) is 0 Å². The molecule has 0 aliphatic carbocycles. The molecule has 0 bridgehead atoms. The van der Waals surface area contributed by atoms with Crippen LogP contribution in [-0.4, -0.2) is 12.2 Å². The van der Waals surface area contributed by atoms with Crippen molar-refractivity contribution in [1.29, 1.82) is 0 Å². The molecule has 58 valence electrons. The molecule has 0 aliphatic heterocycles. The van der Waals surface area contributed by atoms with E-state index in [4.69, 9.17) is 12.2 Å². The molecule has 0 aromatic heterocycles. The molecule has 1 unspecified atom stereocenters. The highest BCUT2D eigenvalue weighted by Crippen LogP contribution is 2.23. The number of rotatable bonds is 3. The van der Waals surface area contributed by atoms with Crippen LogP contribution in [0.15, 0.2) is 0 Å². The van der Waals surface area contributed by atoms with E-state index in [1.165, 1.54) is 0 Å². The highest BCUT2D eigenvalue weighted by Gasteiger charge is 2.30.